The van der Waals surface area contributed by atoms with Crippen molar-refractivity contribution in [1.29, 1.82) is 5.26 Å². The summed E-state index contributed by atoms with van der Waals surface area (Å²) in [7, 11) is 1.26. The van der Waals surface area contributed by atoms with Gasteiger partial charge >= 0.3 is 5.97 Å². The molecule has 1 aliphatic carbocycles. The highest BCUT2D eigenvalue weighted by molar-refractivity contribution is 6.34. The zero-order valence-electron chi connectivity index (χ0n) is 14.9. The molecule has 2 aromatic rings. The van der Waals surface area contributed by atoms with Gasteiger partial charge in [0.05, 0.1) is 46.5 Å². The fourth-order valence-electron chi connectivity index (χ4n) is 2.78. The number of hydrogen-bond donors (Lipinski definition) is 2. The molecule has 0 saturated heterocycles. The Balaban J connectivity index is 1.64. The maximum Gasteiger partial charge on any atom is 0.337 e. The number of anilines is 2. The first-order chi connectivity index (χ1) is 13.4. The van der Waals surface area contributed by atoms with Gasteiger partial charge in [0.25, 0.3) is 0 Å². The zero-order valence-corrected chi connectivity index (χ0v) is 15.6. The summed E-state index contributed by atoms with van der Waals surface area (Å²) in [5.74, 6) is -2.23. The van der Waals surface area contributed by atoms with Gasteiger partial charge in [-0.05, 0) is 36.8 Å². The monoisotopic (exact) mass is 397 g/mol. The number of esters is 1. The summed E-state index contributed by atoms with van der Waals surface area (Å²) in [6.45, 7) is 0. The molecule has 0 aromatic heterocycles. The van der Waals surface area contributed by atoms with Crippen molar-refractivity contribution in [3.63, 3.8) is 0 Å². The Hall–Kier alpha value is -3.37. The first-order valence-corrected chi connectivity index (χ1v) is 8.81. The predicted molar refractivity (Wildman–Crippen MR) is 103 cm³/mol. The molecule has 2 unspecified atom stereocenters. The Labute approximate surface area is 166 Å². The van der Waals surface area contributed by atoms with E-state index in [4.69, 9.17) is 16.9 Å². The van der Waals surface area contributed by atoms with E-state index in [1.54, 1.807) is 24.3 Å². The smallest absolute Gasteiger partial charge is 0.337 e. The maximum absolute atomic E-state index is 12.4. The van der Waals surface area contributed by atoms with Crippen LogP contribution in [0.3, 0.4) is 0 Å². The molecular weight excluding hydrogens is 382 g/mol. The van der Waals surface area contributed by atoms with Crippen LogP contribution in [0.2, 0.25) is 5.02 Å². The minimum atomic E-state index is -0.549. The summed E-state index contributed by atoms with van der Waals surface area (Å²) in [5, 5.41) is 14.7. The summed E-state index contributed by atoms with van der Waals surface area (Å²) in [6, 6.07) is 13.0. The van der Waals surface area contributed by atoms with Crippen LogP contribution in [0.1, 0.15) is 22.3 Å². The van der Waals surface area contributed by atoms with E-state index in [1.165, 1.54) is 25.3 Å². The van der Waals surface area contributed by atoms with Crippen molar-refractivity contribution in [3.8, 4) is 6.07 Å². The van der Waals surface area contributed by atoms with E-state index in [0.29, 0.717) is 17.7 Å². The number of rotatable bonds is 5. The van der Waals surface area contributed by atoms with Crippen LogP contribution < -0.4 is 10.6 Å². The number of nitrogens with one attached hydrogen (secondary N) is 2. The van der Waals surface area contributed by atoms with Crippen molar-refractivity contribution in [3.05, 3.63) is 58.6 Å². The first kappa shape index (κ1) is 19.4. The van der Waals surface area contributed by atoms with Crippen molar-refractivity contribution >= 4 is 40.8 Å². The summed E-state index contributed by atoms with van der Waals surface area (Å²) in [5.41, 5.74) is 1.29. The second kappa shape index (κ2) is 8.11. The molecule has 8 heteroatoms. The van der Waals surface area contributed by atoms with Gasteiger partial charge in [-0.15, -0.1) is 0 Å². The van der Waals surface area contributed by atoms with E-state index in [0.717, 1.165) is 0 Å². The molecule has 0 bridgehead atoms. The van der Waals surface area contributed by atoms with Crippen LogP contribution in [0.4, 0.5) is 11.4 Å². The number of benzene rings is 2. The quantitative estimate of drug-likeness (QED) is 0.753. The number of halogens is 1. The van der Waals surface area contributed by atoms with Gasteiger partial charge in [-0.25, -0.2) is 4.79 Å². The molecule has 1 aliphatic rings. The lowest BCUT2D eigenvalue weighted by Gasteiger charge is -2.09. The lowest BCUT2D eigenvalue weighted by atomic mass is 10.2. The highest BCUT2D eigenvalue weighted by atomic mass is 35.5. The molecule has 2 aromatic carbocycles. The lowest BCUT2D eigenvalue weighted by molar-refractivity contribution is -0.122. The number of carbonyl (C=O) groups excluding carboxylic acids is 3. The standard InChI is InChI=1S/C20H16ClN3O4/c1-28-20(27)11-6-7-15(21)17(8-11)24-19(26)14-9-13(14)18(25)23-16-5-3-2-4-12(16)10-22/h2-8,13-14H,9H2,1H3,(H,23,25)(H,24,26). The van der Waals surface area contributed by atoms with Gasteiger partial charge in [0.1, 0.15) is 6.07 Å². The summed E-state index contributed by atoms with van der Waals surface area (Å²) in [6.07, 6.45) is 0.390. The van der Waals surface area contributed by atoms with E-state index in [1.807, 2.05) is 6.07 Å². The Morgan fingerprint density at radius 2 is 1.71 bits per heavy atom. The first-order valence-electron chi connectivity index (χ1n) is 8.43. The second-order valence-electron chi connectivity index (χ2n) is 6.27. The molecule has 1 fully saturated rings. The minimum absolute atomic E-state index is 0.250. The Morgan fingerprint density at radius 3 is 2.36 bits per heavy atom. The molecule has 1 saturated carbocycles. The van der Waals surface area contributed by atoms with Gasteiger partial charge in [0.15, 0.2) is 0 Å². The number of carbonyl (C=O) groups is 3. The second-order valence-corrected chi connectivity index (χ2v) is 6.68. The average molecular weight is 398 g/mol. The molecule has 7 nitrogen and oxygen atoms in total. The van der Waals surface area contributed by atoms with Gasteiger partial charge in [-0.2, -0.15) is 5.26 Å². The lowest BCUT2D eigenvalue weighted by Crippen LogP contribution is -2.21. The van der Waals surface area contributed by atoms with Crippen LogP contribution in [-0.4, -0.2) is 24.9 Å². The van der Waals surface area contributed by atoms with E-state index in [-0.39, 0.29) is 28.1 Å². The van der Waals surface area contributed by atoms with E-state index in [9.17, 15) is 14.4 Å². The number of methoxy groups -OCH3 is 1. The molecule has 0 aliphatic heterocycles. The number of nitriles is 1. The minimum Gasteiger partial charge on any atom is -0.465 e. The van der Waals surface area contributed by atoms with E-state index < -0.39 is 17.8 Å². The Morgan fingerprint density at radius 1 is 1.07 bits per heavy atom. The number of hydrogen-bond acceptors (Lipinski definition) is 5. The molecule has 2 amide bonds. The summed E-state index contributed by atoms with van der Waals surface area (Å²) < 4.78 is 4.65. The van der Waals surface area contributed by atoms with Crippen molar-refractivity contribution in [2.45, 2.75) is 6.42 Å². The molecular formula is C20H16ClN3O4. The van der Waals surface area contributed by atoms with Gasteiger partial charge in [-0.1, -0.05) is 23.7 Å². The zero-order chi connectivity index (χ0) is 20.3. The van der Waals surface area contributed by atoms with Crippen molar-refractivity contribution < 1.29 is 19.1 Å². The van der Waals surface area contributed by atoms with Crippen LogP contribution in [0.15, 0.2) is 42.5 Å². The average Bonchev–Trinajstić information content (AvgIpc) is 3.50. The molecule has 2 N–H and O–H groups in total. The van der Waals surface area contributed by atoms with Gasteiger partial charge < -0.3 is 15.4 Å². The summed E-state index contributed by atoms with van der Waals surface area (Å²) in [4.78, 5) is 36.4. The van der Waals surface area contributed by atoms with Crippen molar-refractivity contribution in [2.75, 3.05) is 17.7 Å². The van der Waals surface area contributed by atoms with Crippen LogP contribution in [-0.2, 0) is 14.3 Å². The fourth-order valence-corrected chi connectivity index (χ4v) is 2.95. The highest BCUT2D eigenvalue weighted by Crippen LogP contribution is 2.41. The third-order valence-electron chi connectivity index (χ3n) is 4.41. The Kier molecular flexibility index (Phi) is 5.62. The van der Waals surface area contributed by atoms with Crippen molar-refractivity contribution in [1.82, 2.24) is 0 Å². The Bertz CT molecular complexity index is 999. The third kappa shape index (κ3) is 4.13. The SMILES string of the molecule is COC(=O)c1ccc(Cl)c(NC(=O)C2CC2C(=O)Nc2ccccc2C#N)c1. The van der Waals surface area contributed by atoms with Crippen LogP contribution in [0.5, 0.6) is 0 Å². The van der Waals surface area contributed by atoms with Gasteiger partial charge in [0, 0.05) is 0 Å². The molecule has 28 heavy (non-hydrogen) atoms. The summed E-state index contributed by atoms with van der Waals surface area (Å²) >= 11 is 6.08. The third-order valence-corrected chi connectivity index (χ3v) is 4.74. The van der Waals surface area contributed by atoms with Crippen LogP contribution in [0.25, 0.3) is 0 Å². The van der Waals surface area contributed by atoms with Crippen LogP contribution >= 0.6 is 11.6 Å². The van der Waals surface area contributed by atoms with Gasteiger partial charge in [0.2, 0.25) is 11.8 Å². The molecule has 0 radical (unpaired) electrons. The van der Waals surface area contributed by atoms with Crippen LogP contribution in [0, 0.1) is 23.2 Å². The predicted octanol–water partition coefficient (Wildman–Crippen LogP) is 3.21. The van der Waals surface area contributed by atoms with Crippen molar-refractivity contribution in [2.24, 2.45) is 11.8 Å². The number of nitrogens with zero attached hydrogens (tertiary/aromatic N) is 1. The highest BCUT2D eigenvalue weighted by Gasteiger charge is 2.48. The normalized spacial score (nSPS) is 17.2. The number of ether oxygens (including phenoxy) is 1. The largest absolute Gasteiger partial charge is 0.465 e. The number of para-hydroxylation sites is 1. The van der Waals surface area contributed by atoms with Gasteiger partial charge in [-0.3, -0.25) is 9.59 Å². The molecule has 142 valence electrons. The molecule has 3 rings (SSSR count). The molecule has 0 heterocycles. The fraction of sp³-hybridized carbons (Fsp3) is 0.200. The maximum atomic E-state index is 12.4. The van der Waals surface area contributed by atoms with E-state index >= 15 is 0 Å². The molecule has 2 atom stereocenters. The number of amides is 2. The topological polar surface area (TPSA) is 108 Å². The van der Waals surface area contributed by atoms with E-state index in [2.05, 4.69) is 15.4 Å². The molecule has 0 spiro atoms.